The molecule has 1 aliphatic rings. The number of ether oxygens (including phenoxy) is 2. The number of nitrogens with one attached hydrogen (secondary N) is 1. The third-order valence-electron chi connectivity index (χ3n) is 3.24. The molecule has 0 aliphatic carbocycles. The number of hydrogen-bond acceptors (Lipinski definition) is 4. The lowest BCUT2D eigenvalue weighted by atomic mass is 10.2. The number of nitrogens with zero attached hydrogens (tertiary/aromatic N) is 1. The number of carbonyl (C=O) groups excluding carboxylic acids is 1. The van der Waals surface area contributed by atoms with E-state index in [1.807, 2.05) is 6.07 Å². The summed E-state index contributed by atoms with van der Waals surface area (Å²) < 4.78 is 11.2. The third kappa shape index (κ3) is 3.81. The molecular formula is C17H15ClN2O3. The molecule has 0 saturated heterocycles. The van der Waals surface area contributed by atoms with Crippen LogP contribution in [-0.2, 0) is 0 Å². The Labute approximate surface area is 138 Å². The topological polar surface area (TPSA) is 59.9 Å². The van der Waals surface area contributed by atoms with Crippen molar-refractivity contribution in [3.63, 3.8) is 0 Å². The first-order chi connectivity index (χ1) is 11.2. The van der Waals surface area contributed by atoms with Gasteiger partial charge in [-0.25, -0.2) is 5.43 Å². The van der Waals surface area contributed by atoms with E-state index in [-0.39, 0.29) is 5.91 Å². The number of halogens is 1. The Morgan fingerprint density at radius 1 is 1.17 bits per heavy atom. The van der Waals surface area contributed by atoms with Gasteiger partial charge in [0.2, 0.25) is 0 Å². The van der Waals surface area contributed by atoms with Crippen LogP contribution in [0.5, 0.6) is 11.5 Å². The number of hydrazone groups is 1. The van der Waals surface area contributed by atoms with Crippen LogP contribution >= 0.6 is 11.6 Å². The maximum atomic E-state index is 11.9. The minimum atomic E-state index is -0.276. The van der Waals surface area contributed by atoms with Crippen molar-refractivity contribution in [2.75, 3.05) is 13.2 Å². The number of benzene rings is 2. The monoisotopic (exact) mass is 330 g/mol. The van der Waals surface area contributed by atoms with Crippen molar-refractivity contribution in [2.24, 2.45) is 5.10 Å². The first kappa shape index (κ1) is 15.4. The minimum absolute atomic E-state index is 0.276. The van der Waals surface area contributed by atoms with Crippen LogP contribution in [0.2, 0.25) is 5.02 Å². The van der Waals surface area contributed by atoms with E-state index in [1.165, 1.54) is 6.21 Å². The molecule has 1 amide bonds. The molecule has 1 aliphatic heterocycles. The van der Waals surface area contributed by atoms with Gasteiger partial charge in [0.05, 0.1) is 24.5 Å². The molecular weight excluding hydrogens is 316 g/mol. The van der Waals surface area contributed by atoms with Crippen LogP contribution in [0.15, 0.2) is 47.6 Å². The molecule has 1 N–H and O–H groups in total. The quantitative estimate of drug-likeness (QED) is 0.694. The molecule has 0 spiro atoms. The number of fused-ring (bicyclic) bond motifs is 1. The summed E-state index contributed by atoms with van der Waals surface area (Å²) in [5.41, 5.74) is 3.73. The van der Waals surface area contributed by atoms with E-state index < -0.39 is 0 Å². The smallest absolute Gasteiger partial charge is 0.271 e. The molecule has 1 heterocycles. The van der Waals surface area contributed by atoms with Gasteiger partial charge in [-0.1, -0.05) is 29.8 Å². The van der Waals surface area contributed by atoms with Crippen LogP contribution in [0.4, 0.5) is 0 Å². The van der Waals surface area contributed by atoms with Crippen LogP contribution in [0.25, 0.3) is 0 Å². The zero-order valence-corrected chi connectivity index (χ0v) is 13.0. The van der Waals surface area contributed by atoms with Crippen molar-refractivity contribution in [3.8, 4) is 11.5 Å². The number of amides is 1. The highest BCUT2D eigenvalue weighted by Crippen LogP contribution is 2.37. The van der Waals surface area contributed by atoms with E-state index in [9.17, 15) is 4.79 Å². The summed E-state index contributed by atoms with van der Waals surface area (Å²) in [7, 11) is 0. The Morgan fingerprint density at radius 2 is 1.96 bits per heavy atom. The summed E-state index contributed by atoms with van der Waals surface area (Å²) in [4.78, 5) is 11.9. The van der Waals surface area contributed by atoms with Crippen LogP contribution in [-0.4, -0.2) is 25.3 Å². The summed E-state index contributed by atoms with van der Waals surface area (Å²) in [5, 5.41) is 4.41. The lowest BCUT2D eigenvalue weighted by Crippen LogP contribution is -2.17. The molecule has 2 aromatic carbocycles. The highest BCUT2D eigenvalue weighted by molar-refractivity contribution is 6.32. The Hall–Kier alpha value is -2.53. The van der Waals surface area contributed by atoms with Gasteiger partial charge < -0.3 is 9.47 Å². The van der Waals surface area contributed by atoms with Crippen LogP contribution in [0.1, 0.15) is 22.3 Å². The minimum Gasteiger partial charge on any atom is -0.489 e. The SMILES string of the molecule is O=C(N/N=C\c1cc(Cl)c2c(c1)OCCCO2)c1ccccc1. The zero-order chi connectivity index (χ0) is 16.1. The number of rotatable bonds is 3. The summed E-state index contributed by atoms with van der Waals surface area (Å²) in [5.74, 6) is 0.864. The molecule has 6 heteroatoms. The molecule has 0 atom stereocenters. The average Bonchev–Trinajstić information content (AvgIpc) is 2.81. The molecule has 0 fully saturated rings. The summed E-state index contributed by atoms with van der Waals surface area (Å²) in [6.45, 7) is 1.15. The van der Waals surface area contributed by atoms with Crippen molar-refractivity contribution in [1.29, 1.82) is 0 Å². The van der Waals surface area contributed by atoms with Crippen molar-refractivity contribution >= 4 is 23.7 Å². The molecule has 0 bridgehead atoms. The van der Waals surface area contributed by atoms with Crippen molar-refractivity contribution in [1.82, 2.24) is 5.43 Å². The second-order valence-electron chi connectivity index (χ2n) is 4.95. The molecule has 0 saturated carbocycles. The van der Waals surface area contributed by atoms with Crippen LogP contribution in [0.3, 0.4) is 0 Å². The number of carbonyl (C=O) groups is 1. The highest BCUT2D eigenvalue weighted by Gasteiger charge is 2.15. The predicted molar refractivity (Wildman–Crippen MR) is 88.6 cm³/mol. The number of hydrogen-bond donors (Lipinski definition) is 1. The standard InChI is InChI=1S/C17H15ClN2O3/c18-14-9-12(10-15-16(14)23-8-4-7-22-15)11-19-20-17(21)13-5-2-1-3-6-13/h1-3,5-6,9-11H,4,7-8H2,(H,20,21)/b19-11-. The van der Waals surface area contributed by atoms with Gasteiger partial charge in [-0.05, 0) is 29.8 Å². The summed E-state index contributed by atoms with van der Waals surface area (Å²) >= 11 is 6.20. The lowest BCUT2D eigenvalue weighted by Gasteiger charge is -2.09. The van der Waals surface area contributed by atoms with E-state index >= 15 is 0 Å². The van der Waals surface area contributed by atoms with Crippen LogP contribution in [0, 0.1) is 0 Å². The van der Waals surface area contributed by atoms with Gasteiger partial charge in [-0.2, -0.15) is 5.10 Å². The predicted octanol–water partition coefficient (Wildman–Crippen LogP) is 3.27. The maximum absolute atomic E-state index is 11.9. The Bertz CT molecular complexity index is 732. The Balaban J connectivity index is 1.72. The van der Waals surface area contributed by atoms with Gasteiger partial charge in [0.25, 0.3) is 5.91 Å². The fourth-order valence-corrected chi connectivity index (χ4v) is 2.42. The van der Waals surface area contributed by atoms with Crippen molar-refractivity contribution in [2.45, 2.75) is 6.42 Å². The lowest BCUT2D eigenvalue weighted by molar-refractivity contribution is 0.0955. The van der Waals surface area contributed by atoms with Gasteiger partial charge in [0.15, 0.2) is 11.5 Å². The highest BCUT2D eigenvalue weighted by atomic mass is 35.5. The first-order valence-corrected chi connectivity index (χ1v) is 7.59. The molecule has 0 radical (unpaired) electrons. The molecule has 5 nitrogen and oxygen atoms in total. The van der Waals surface area contributed by atoms with E-state index in [0.717, 1.165) is 6.42 Å². The molecule has 2 aromatic rings. The van der Waals surface area contributed by atoms with Crippen molar-refractivity contribution in [3.05, 3.63) is 58.6 Å². The van der Waals surface area contributed by atoms with Gasteiger partial charge in [-0.15, -0.1) is 0 Å². The average molecular weight is 331 g/mol. The normalized spacial score (nSPS) is 13.6. The van der Waals surface area contributed by atoms with Gasteiger partial charge in [0.1, 0.15) is 0 Å². The molecule has 3 rings (SSSR count). The van der Waals surface area contributed by atoms with Crippen LogP contribution < -0.4 is 14.9 Å². The second-order valence-corrected chi connectivity index (χ2v) is 5.35. The van der Waals surface area contributed by atoms with E-state index in [1.54, 1.807) is 36.4 Å². The maximum Gasteiger partial charge on any atom is 0.271 e. The summed E-state index contributed by atoms with van der Waals surface area (Å²) in [6, 6.07) is 12.4. The van der Waals surface area contributed by atoms with E-state index in [4.69, 9.17) is 21.1 Å². The molecule has 118 valence electrons. The fourth-order valence-electron chi connectivity index (χ4n) is 2.14. The molecule has 0 aromatic heterocycles. The molecule has 23 heavy (non-hydrogen) atoms. The van der Waals surface area contributed by atoms with Gasteiger partial charge in [-0.3, -0.25) is 4.79 Å². The third-order valence-corrected chi connectivity index (χ3v) is 3.52. The van der Waals surface area contributed by atoms with E-state index in [2.05, 4.69) is 10.5 Å². The van der Waals surface area contributed by atoms with E-state index in [0.29, 0.717) is 40.9 Å². The first-order valence-electron chi connectivity index (χ1n) is 7.21. The molecule has 0 unspecified atom stereocenters. The Morgan fingerprint density at radius 3 is 2.78 bits per heavy atom. The fraction of sp³-hybridized carbons (Fsp3) is 0.176. The Kier molecular flexibility index (Phi) is 4.78. The van der Waals surface area contributed by atoms with Gasteiger partial charge in [0, 0.05) is 12.0 Å². The summed E-state index contributed by atoms with van der Waals surface area (Å²) in [6.07, 6.45) is 2.32. The van der Waals surface area contributed by atoms with Gasteiger partial charge >= 0.3 is 0 Å². The van der Waals surface area contributed by atoms with Crippen molar-refractivity contribution < 1.29 is 14.3 Å². The largest absolute Gasteiger partial charge is 0.489 e. The zero-order valence-electron chi connectivity index (χ0n) is 12.3. The second kappa shape index (κ2) is 7.15.